The Hall–Kier alpha value is -3.22. The van der Waals surface area contributed by atoms with Crippen LogP contribution in [0.1, 0.15) is 49.2 Å². The number of carbonyl (C=O) groups is 3. The van der Waals surface area contributed by atoms with E-state index in [1.807, 2.05) is 0 Å². The Morgan fingerprint density at radius 3 is 2.21 bits per heavy atom. The highest BCUT2D eigenvalue weighted by atomic mass is 19.1. The Bertz CT molecular complexity index is 849. The molecule has 6 nitrogen and oxygen atoms in total. The molecule has 154 valence electrons. The Kier molecular flexibility index (Phi) is 7.88. The summed E-state index contributed by atoms with van der Waals surface area (Å²) in [7, 11) is 0. The summed E-state index contributed by atoms with van der Waals surface area (Å²) in [6.45, 7) is 4.61. The number of amides is 1. The molecule has 0 radical (unpaired) electrons. The molecular formula is C22H24FNO5. The van der Waals surface area contributed by atoms with Crippen LogP contribution in [0.4, 0.5) is 4.39 Å². The van der Waals surface area contributed by atoms with Gasteiger partial charge in [0.25, 0.3) is 5.91 Å². The normalized spacial score (nSPS) is 12.6. The molecule has 2 rings (SSSR count). The second-order valence-electron chi connectivity index (χ2n) is 6.50. The van der Waals surface area contributed by atoms with Crippen molar-refractivity contribution < 1.29 is 28.2 Å². The number of hydrogen-bond acceptors (Lipinski definition) is 5. The summed E-state index contributed by atoms with van der Waals surface area (Å²) < 4.78 is 23.4. The molecule has 2 unspecified atom stereocenters. The lowest BCUT2D eigenvalue weighted by atomic mass is 10.1. The highest BCUT2D eigenvalue weighted by Gasteiger charge is 2.20. The monoisotopic (exact) mass is 401 g/mol. The topological polar surface area (TPSA) is 81.7 Å². The average molecular weight is 401 g/mol. The fraction of sp³-hybridized carbons (Fsp3) is 0.318. The van der Waals surface area contributed by atoms with E-state index >= 15 is 0 Å². The standard InChI is InChI=1S/C22H24FNO5/c1-4-20(25)17-7-11-19(12-8-17)28-13-21(26)29-15(3)22(27)24-14(2)16-5-9-18(23)10-6-16/h5-12,14-15H,4,13H2,1-3H3,(H,24,27). The van der Waals surface area contributed by atoms with Gasteiger partial charge in [-0.25, -0.2) is 9.18 Å². The van der Waals surface area contributed by atoms with Crippen LogP contribution in [0.25, 0.3) is 0 Å². The molecule has 0 spiro atoms. The lowest BCUT2D eigenvalue weighted by Crippen LogP contribution is -2.38. The van der Waals surface area contributed by atoms with Crippen molar-refractivity contribution in [1.82, 2.24) is 5.32 Å². The van der Waals surface area contributed by atoms with E-state index in [-0.39, 0.29) is 24.2 Å². The fourth-order valence-electron chi connectivity index (χ4n) is 2.53. The SMILES string of the molecule is CCC(=O)c1ccc(OCC(=O)OC(C)C(=O)NC(C)c2ccc(F)cc2)cc1. The van der Waals surface area contributed by atoms with E-state index in [0.717, 1.165) is 5.56 Å². The molecular weight excluding hydrogens is 377 g/mol. The first-order chi connectivity index (χ1) is 13.8. The predicted octanol–water partition coefficient (Wildman–Crippen LogP) is 3.61. The number of rotatable bonds is 9. The zero-order valence-corrected chi connectivity index (χ0v) is 16.6. The third-order valence-electron chi connectivity index (χ3n) is 4.26. The average Bonchev–Trinajstić information content (AvgIpc) is 2.72. The first kappa shape index (κ1) is 22.1. The van der Waals surface area contributed by atoms with Crippen molar-refractivity contribution in [2.75, 3.05) is 6.61 Å². The van der Waals surface area contributed by atoms with Gasteiger partial charge in [0.2, 0.25) is 0 Å². The number of ether oxygens (including phenoxy) is 2. The predicted molar refractivity (Wildman–Crippen MR) is 105 cm³/mol. The minimum Gasteiger partial charge on any atom is -0.482 e. The van der Waals surface area contributed by atoms with E-state index in [0.29, 0.717) is 17.7 Å². The summed E-state index contributed by atoms with van der Waals surface area (Å²) in [4.78, 5) is 35.7. The van der Waals surface area contributed by atoms with E-state index < -0.39 is 18.0 Å². The molecule has 0 aliphatic heterocycles. The highest BCUT2D eigenvalue weighted by Crippen LogP contribution is 2.15. The van der Waals surface area contributed by atoms with E-state index in [9.17, 15) is 18.8 Å². The zero-order chi connectivity index (χ0) is 21.4. The van der Waals surface area contributed by atoms with Gasteiger partial charge in [-0.1, -0.05) is 19.1 Å². The summed E-state index contributed by atoms with van der Waals surface area (Å²) in [6, 6.07) is 11.8. The molecule has 1 N–H and O–H groups in total. The Morgan fingerprint density at radius 1 is 1.00 bits per heavy atom. The number of hydrogen-bond donors (Lipinski definition) is 1. The molecule has 2 aromatic rings. The maximum absolute atomic E-state index is 13.0. The third kappa shape index (κ3) is 6.71. The van der Waals surface area contributed by atoms with Gasteiger partial charge in [0.05, 0.1) is 6.04 Å². The summed E-state index contributed by atoms with van der Waals surface area (Å²) in [6.07, 6.45) is -0.606. The summed E-state index contributed by atoms with van der Waals surface area (Å²) >= 11 is 0. The van der Waals surface area contributed by atoms with Gasteiger partial charge < -0.3 is 14.8 Å². The minimum absolute atomic E-state index is 0.0191. The van der Waals surface area contributed by atoms with Crippen LogP contribution >= 0.6 is 0 Å². The van der Waals surface area contributed by atoms with E-state index in [1.54, 1.807) is 50.2 Å². The van der Waals surface area contributed by atoms with Gasteiger partial charge in [0, 0.05) is 12.0 Å². The number of carbonyl (C=O) groups excluding carboxylic acids is 3. The van der Waals surface area contributed by atoms with Crippen LogP contribution in [0.15, 0.2) is 48.5 Å². The van der Waals surface area contributed by atoms with Crippen LogP contribution in [0.5, 0.6) is 5.75 Å². The highest BCUT2D eigenvalue weighted by molar-refractivity contribution is 5.95. The first-order valence-electron chi connectivity index (χ1n) is 9.31. The van der Waals surface area contributed by atoms with Gasteiger partial charge in [-0.2, -0.15) is 0 Å². The zero-order valence-electron chi connectivity index (χ0n) is 16.6. The van der Waals surface area contributed by atoms with E-state index in [2.05, 4.69) is 5.32 Å². The van der Waals surface area contributed by atoms with Crippen molar-refractivity contribution in [3.63, 3.8) is 0 Å². The van der Waals surface area contributed by atoms with Crippen LogP contribution in [-0.2, 0) is 14.3 Å². The second kappa shape index (κ2) is 10.4. The Labute approximate surface area is 169 Å². The summed E-state index contributed by atoms with van der Waals surface area (Å²) in [5.74, 6) is -1.10. The molecule has 2 aromatic carbocycles. The van der Waals surface area contributed by atoms with Crippen molar-refractivity contribution in [1.29, 1.82) is 0 Å². The number of halogens is 1. The van der Waals surface area contributed by atoms with Crippen molar-refractivity contribution >= 4 is 17.7 Å². The molecule has 2 atom stereocenters. The second-order valence-corrected chi connectivity index (χ2v) is 6.50. The smallest absolute Gasteiger partial charge is 0.344 e. The van der Waals surface area contributed by atoms with Crippen LogP contribution in [0.2, 0.25) is 0 Å². The molecule has 0 fully saturated rings. The van der Waals surface area contributed by atoms with Gasteiger partial charge in [0.1, 0.15) is 11.6 Å². The van der Waals surface area contributed by atoms with Crippen molar-refractivity contribution in [3.05, 3.63) is 65.5 Å². The van der Waals surface area contributed by atoms with Crippen LogP contribution in [0.3, 0.4) is 0 Å². The molecule has 7 heteroatoms. The largest absolute Gasteiger partial charge is 0.482 e. The lowest BCUT2D eigenvalue weighted by molar-refractivity contribution is -0.156. The summed E-state index contributed by atoms with van der Waals surface area (Å²) in [5, 5.41) is 2.71. The number of benzene rings is 2. The van der Waals surface area contributed by atoms with Crippen LogP contribution < -0.4 is 10.1 Å². The molecule has 1 amide bonds. The number of esters is 1. The van der Waals surface area contributed by atoms with Crippen molar-refractivity contribution in [2.24, 2.45) is 0 Å². The van der Waals surface area contributed by atoms with E-state index in [1.165, 1.54) is 19.1 Å². The molecule has 0 aromatic heterocycles. The van der Waals surface area contributed by atoms with Gasteiger partial charge >= 0.3 is 5.97 Å². The minimum atomic E-state index is -1.02. The fourth-order valence-corrected chi connectivity index (χ4v) is 2.53. The molecule has 0 aliphatic carbocycles. The molecule has 0 bridgehead atoms. The van der Waals surface area contributed by atoms with Gasteiger partial charge in [-0.05, 0) is 55.8 Å². The number of Topliss-reactive ketones (excluding diaryl/α,β-unsaturated/α-hetero) is 1. The molecule has 29 heavy (non-hydrogen) atoms. The van der Waals surface area contributed by atoms with Gasteiger partial charge in [0.15, 0.2) is 18.5 Å². The molecule has 0 saturated carbocycles. The van der Waals surface area contributed by atoms with Crippen molar-refractivity contribution in [3.8, 4) is 5.75 Å². The van der Waals surface area contributed by atoms with Crippen molar-refractivity contribution in [2.45, 2.75) is 39.3 Å². The molecule has 0 aliphatic rings. The van der Waals surface area contributed by atoms with Gasteiger partial charge in [-0.15, -0.1) is 0 Å². The first-order valence-corrected chi connectivity index (χ1v) is 9.31. The van der Waals surface area contributed by atoms with Crippen LogP contribution in [-0.4, -0.2) is 30.4 Å². The number of ketones is 1. The third-order valence-corrected chi connectivity index (χ3v) is 4.26. The number of nitrogens with one attached hydrogen (secondary N) is 1. The summed E-state index contributed by atoms with van der Waals surface area (Å²) in [5.41, 5.74) is 1.30. The Morgan fingerprint density at radius 2 is 1.62 bits per heavy atom. The maximum atomic E-state index is 13.0. The van der Waals surface area contributed by atoms with Crippen LogP contribution in [0, 0.1) is 5.82 Å². The Balaban J connectivity index is 1.79. The quantitative estimate of drug-likeness (QED) is 0.513. The molecule has 0 heterocycles. The van der Waals surface area contributed by atoms with Gasteiger partial charge in [-0.3, -0.25) is 9.59 Å². The van der Waals surface area contributed by atoms with E-state index in [4.69, 9.17) is 9.47 Å². The maximum Gasteiger partial charge on any atom is 0.344 e. The molecule has 0 saturated heterocycles. The lowest BCUT2D eigenvalue weighted by Gasteiger charge is -2.18.